The van der Waals surface area contributed by atoms with E-state index in [0.29, 0.717) is 0 Å². The van der Waals surface area contributed by atoms with E-state index in [2.05, 4.69) is 36.5 Å². The zero-order valence-electron chi connectivity index (χ0n) is 11.5. The van der Waals surface area contributed by atoms with E-state index < -0.39 is 0 Å². The normalized spacial score (nSPS) is 28.1. The summed E-state index contributed by atoms with van der Waals surface area (Å²) in [6.07, 6.45) is 2.34. The fourth-order valence-electron chi connectivity index (χ4n) is 1.86. The zero-order chi connectivity index (χ0) is 13.2. The summed E-state index contributed by atoms with van der Waals surface area (Å²) < 4.78 is 0. The molecule has 1 aromatic heterocycles. The Morgan fingerprint density at radius 1 is 1.61 bits per heavy atom. The molecule has 1 aliphatic rings. The standard InChI is InChI=1S/C13H21N3S2/c1-5-13(4)6-7-17-12(16-13)15-10(3)11-14-9(2)8-18-11/h8,10H,5-7H2,1-4H3,(H,15,16). The van der Waals surface area contributed by atoms with E-state index in [4.69, 9.17) is 4.99 Å². The van der Waals surface area contributed by atoms with E-state index in [1.165, 1.54) is 6.42 Å². The maximum absolute atomic E-state index is 4.78. The molecule has 1 N–H and O–H groups in total. The monoisotopic (exact) mass is 283 g/mol. The highest BCUT2D eigenvalue weighted by Crippen LogP contribution is 2.28. The van der Waals surface area contributed by atoms with Crippen LogP contribution in [-0.2, 0) is 0 Å². The second kappa shape index (κ2) is 5.61. The van der Waals surface area contributed by atoms with Gasteiger partial charge in [-0.3, -0.25) is 4.99 Å². The molecule has 2 unspecified atom stereocenters. The molecule has 0 spiro atoms. The highest BCUT2D eigenvalue weighted by Gasteiger charge is 2.28. The molecule has 2 atom stereocenters. The van der Waals surface area contributed by atoms with Crippen molar-refractivity contribution in [3.63, 3.8) is 0 Å². The lowest BCUT2D eigenvalue weighted by Gasteiger charge is -2.35. The van der Waals surface area contributed by atoms with E-state index in [1.54, 1.807) is 11.3 Å². The van der Waals surface area contributed by atoms with Crippen molar-refractivity contribution in [3.8, 4) is 0 Å². The van der Waals surface area contributed by atoms with Gasteiger partial charge in [-0.2, -0.15) is 0 Å². The third-order valence-electron chi connectivity index (χ3n) is 3.39. The van der Waals surface area contributed by atoms with Gasteiger partial charge in [0.1, 0.15) is 11.0 Å². The Labute approximate surface area is 118 Å². The third kappa shape index (κ3) is 3.26. The molecule has 100 valence electrons. The fourth-order valence-corrected chi connectivity index (χ4v) is 3.95. The number of amidine groups is 1. The molecule has 0 radical (unpaired) electrons. The Balaban J connectivity index is 2.08. The lowest BCUT2D eigenvalue weighted by Crippen LogP contribution is -2.48. The number of hydrogen-bond acceptors (Lipinski definition) is 4. The highest BCUT2D eigenvalue weighted by molar-refractivity contribution is 8.13. The molecule has 0 aromatic carbocycles. The number of nitrogens with one attached hydrogen (secondary N) is 1. The van der Waals surface area contributed by atoms with Crippen molar-refractivity contribution in [3.05, 3.63) is 16.1 Å². The van der Waals surface area contributed by atoms with Gasteiger partial charge in [-0.15, -0.1) is 11.3 Å². The van der Waals surface area contributed by atoms with Crippen molar-refractivity contribution >= 4 is 28.3 Å². The summed E-state index contributed by atoms with van der Waals surface area (Å²) >= 11 is 3.52. The van der Waals surface area contributed by atoms with Gasteiger partial charge >= 0.3 is 0 Å². The van der Waals surface area contributed by atoms with E-state index in [9.17, 15) is 0 Å². The quantitative estimate of drug-likeness (QED) is 0.917. The second-order valence-electron chi connectivity index (χ2n) is 5.08. The van der Waals surface area contributed by atoms with Crippen LogP contribution < -0.4 is 5.32 Å². The van der Waals surface area contributed by atoms with Gasteiger partial charge in [0.15, 0.2) is 5.17 Å². The van der Waals surface area contributed by atoms with Crippen LogP contribution in [0.4, 0.5) is 0 Å². The van der Waals surface area contributed by atoms with Gasteiger partial charge < -0.3 is 5.32 Å². The predicted molar refractivity (Wildman–Crippen MR) is 81.6 cm³/mol. The van der Waals surface area contributed by atoms with Crippen LogP contribution in [0, 0.1) is 6.92 Å². The highest BCUT2D eigenvalue weighted by atomic mass is 32.2. The molecule has 18 heavy (non-hydrogen) atoms. The molecule has 0 amide bonds. The van der Waals surface area contributed by atoms with Crippen molar-refractivity contribution in [2.24, 2.45) is 4.99 Å². The summed E-state index contributed by atoms with van der Waals surface area (Å²) in [4.78, 5) is 9.29. The first-order chi connectivity index (χ1) is 8.52. The van der Waals surface area contributed by atoms with Gasteiger partial charge in [-0.25, -0.2) is 4.98 Å². The van der Waals surface area contributed by atoms with Crippen LogP contribution >= 0.6 is 23.1 Å². The van der Waals surface area contributed by atoms with E-state index in [1.807, 2.05) is 18.7 Å². The van der Waals surface area contributed by atoms with Crippen LogP contribution in [0.2, 0.25) is 0 Å². The number of hydrogen-bond donors (Lipinski definition) is 1. The third-order valence-corrected chi connectivity index (χ3v) is 5.41. The number of aromatic nitrogens is 1. The maximum Gasteiger partial charge on any atom is 0.157 e. The van der Waals surface area contributed by atoms with E-state index in [0.717, 1.165) is 28.0 Å². The first-order valence-corrected chi connectivity index (χ1v) is 8.30. The van der Waals surface area contributed by atoms with Crippen LogP contribution in [0.25, 0.3) is 0 Å². The van der Waals surface area contributed by atoms with Gasteiger partial charge in [-0.05, 0) is 33.6 Å². The lowest BCUT2D eigenvalue weighted by atomic mass is 9.96. The molecular weight excluding hydrogens is 262 g/mol. The largest absolute Gasteiger partial charge is 0.360 e. The van der Waals surface area contributed by atoms with Crippen molar-refractivity contribution < 1.29 is 0 Å². The summed E-state index contributed by atoms with van der Waals surface area (Å²) in [5.74, 6) is 1.15. The van der Waals surface area contributed by atoms with Gasteiger partial charge in [-0.1, -0.05) is 18.7 Å². The number of aliphatic imine (C=N–C) groups is 1. The first-order valence-electron chi connectivity index (χ1n) is 6.43. The van der Waals surface area contributed by atoms with E-state index >= 15 is 0 Å². The molecule has 5 heteroatoms. The number of thiazole rings is 1. The van der Waals surface area contributed by atoms with Gasteiger partial charge in [0, 0.05) is 22.4 Å². The molecule has 1 saturated heterocycles. The van der Waals surface area contributed by atoms with Crippen LogP contribution in [-0.4, -0.2) is 21.4 Å². The lowest BCUT2D eigenvalue weighted by molar-refractivity contribution is 0.389. The Hall–Kier alpha value is -0.550. The molecule has 1 aromatic rings. The summed E-state index contributed by atoms with van der Waals surface area (Å²) in [6.45, 7) is 8.65. The minimum absolute atomic E-state index is 0.151. The van der Waals surface area contributed by atoms with Crippen molar-refractivity contribution in [1.82, 2.24) is 10.3 Å². The van der Waals surface area contributed by atoms with Crippen molar-refractivity contribution in [2.75, 3.05) is 5.75 Å². The average Bonchev–Trinajstić information content (AvgIpc) is 2.76. The number of aryl methyl sites for hydroxylation is 1. The summed E-state index contributed by atoms with van der Waals surface area (Å²) in [6, 6.07) is 0.151. The second-order valence-corrected chi connectivity index (χ2v) is 7.05. The molecule has 1 aliphatic heterocycles. The van der Waals surface area contributed by atoms with Gasteiger partial charge in [0.25, 0.3) is 0 Å². The smallest absolute Gasteiger partial charge is 0.157 e. The Morgan fingerprint density at radius 3 is 3.00 bits per heavy atom. The summed E-state index contributed by atoms with van der Waals surface area (Å²) in [7, 11) is 0. The average molecular weight is 283 g/mol. The number of rotatable bonds is 3. The Kier molecular flexibility index (Phi) is 4.33. The van der Waals surface area contributed by atoms with Crippen LogP contribution in [0.1, 0.15) is 50.4 Å². The van der Waals surface area contributed by atoms with Gasteiger partial charge in [0.2, 0.25) is 0 Å². The van der Waals surface area contributed by atoms with Crippen LogP contribution in [0.5, 0.6) is 0 Å². The number of nitrogens with zero attached hydrogens (tertiary/aromatic N) is 2. The Morgan fingerprint density at radius 2 is 2.39 bits per heavy atom. The molecule has 2 rings (SSSR count). The van der Waals surface area contributed by atoms with E-state index in [-0.39, 0.29) is 11.6 Å². The minimum atomic E-state index is 0.151. The SMILES string of the molecule is CCC1(C)CCSC(=NC(C)c2nc(C)cs2)N1. The van der Waals surface area contributed by atoms with Gasteiger partial charge in [0.05, 0.1) is 0 Å². The molecule has 0 bridgehead atoms. The van der Waals surface area contributed by atoms with Crippen LogP contribution in [0.3, 0.4) is 0 Å². The molecule has 0 saturated carbocycles. The summed E-state index contributed by atoms with van der Waals surface area (Å²) in [5.41, 5.74) is 1.30. The molecule has 0 aliphatic carbocycles. The number of thioether (sulfide) groups is 1. The molecular formula is C13H21N3S2. The van der Waals surface area contributed by atoms with Crippen molar-refractivity contribution in [2.45, 2.75) is 52.1 Å². The maximum atomic E-state index is 4.78. The Bertz CT molecular complexity index is 441. The molecule has 2 heterocycles. The topological polar surface area (TPSA) is 37.3 Å². The predicted octanol–water partition coefficient (Wildman–Crippen LogP) is 3.76. The van der Waals surface area contributed by atoms with Crippen molar-refractivity contribution in [1.29, 1.82) is 0 Å². The zero-order valence-corrected chi connectivity index (χ0v) is 13.1. The molecule has 1 fully saturated rings. The minimum Gasteiger partial charge on any atom is -0.360 e. The summed E-state index contributed by atoms with van der Waals surface area (Å²) in [5, 5.41) is 7.84. The first kappa shape index (κ1) is 13.9. The van der Waals surface area contributed by atoms with Crippen LogP contribution in [0.15, 0.2) is 10.4 Å². The fraction of sp³-hybridized carbons (Fsp3) is 0.692. The molecule has 3 nitrogen and oxygen atoms in total.